The van der Waals surface area contributed by atoms with Gasteiger partial charge < -0.3 is 28.9 Å². The highest BCUT2D eigenvalue weighted by atomic mass is 35.5. The molecular formula is C16H25ClN2O9. The van der Waals surface area contributed by atoms with Gasteiger partial charge in [0.25, 0.3) is 0 Å². The first-order chi connectivity index (χ1) is 13.3. The van der Waals surface area contributed by atoms with Crippen LogP contribution in [0.25, 0.3) is 0 Å². The zero-order chi connectivity index (χ0) is 21.6. The molecule has 0 heterocycles. The van der Waals surface area contributed by atoms with Crippen LogP contribution in [0.15, 0.2) is 11.8 Å². The maximum Gasteiger partial charge on any atom is 0.377 e. The van der Waals surface area contributed by atoms with E-state index in [-0.39, 0.29) is 32.3 Å². The SMILES string of the molecule is CCOC(=O)/C=C(\ONC(=N)C(CCl)(COC(C)=O)OCCO)C(=O)OCC. The molecule has 0 fully saturated rings. The van der Waals surface area contributed by atoms with Gasteiger partial charge in [-0.1, -0.05) is 0 Å². The molecule has 1 atom stereocenters. The summed E-state index contributed by atoms with van der Waals surface area (Å²) in [4.78, 5) is 39.6. The second kappa shape index (κ2) is 13.7. The monoisotopic (exact) mass is 424 g/mol. The minimum Gasteiger partial charge on any atom is -0.463 e. The van der Waals surface area contributed by atoms with Gasteiger partial charge in [-0.25, -0.2) is 15.1 Å². The molecule has 1 unspecified atom stereocenters. The first-order valence-electron chi connectivity index (χ1n) is 8.27. The normalized spacial score (nSPS) is 13.1. The molecular weight excluding hydrogens is 400 g/mol. The lowest BCUT2D eigenvalue weighted by atomic mass is 10.1. The van der Waals surface area contributed by atoms with Crippen molar-refractivity contribution in [3.8, 4) is 0 Å². The molecule has 0 saturated carbocycles. The number of amidine groups is 1. The van der Waals surface area contributed by atoms with E-state index < -0.39 is 41.7 Å². The van der Waals surface area contributed by atoms with Crippen LogP contribution in [0, 0.1) is 5.41 Å². The molecule has 0 bridgehead atoms. The van der Waals surface area contributed by atoms with E-state index in [0.29, 0.717) is 0 Å². The van der Waals surface area contributed by atoms with Crippen molar-refractivity contribution in [2.45, 2.75) is 26.4 Å². The molecule has 28 heavy (non-hydrogen) atoms. The minimum atomic E-state index is -1.69. The number of esters is 3. The molecule has 0 aromatic carbocycles. The first kappa shape index (κ1) is 25.6. The van der Waals surface area contributed by atoms with Crippen LogP contribution in [0.4, 0.5) is 0 Å². The molecule has 0 aromatic heterocycles. The Hall–Kier alpha value is -2.37. The number of alkyl halides is 1. The zero-order valence-corrected chi connectivity index (χ0v) is 16.7. The van der Waals surface area contributed by atoms with E-state index in [1.807, 2.05) is 0 Å². The van der Waals surface area contributed by atoms with Crippen molar-refractivity contribution >= 4 is 35.3 Å². The maximum atomic E-state index is 11.9. The average Bonchev–Trinajstić information content (AvgIpc) is 2.65. The summed E-state index contributed by atoms with van der Waals surface area (Å²) in [6, 6.07) is 0. The summed E-state index contributed by atoms with van der Waals surface area (Å²) in [7, 11) is 0. The van der Waals surface area contributed by atoms with Crippen molar-refractivity contribution in [3.05, 3.63) is 11.8 Å². The molecule has 0 amide bonds. The van der Waals surface area contributed by atoms with Gasteiger partial charge in [0.15, 0.2) is 11.4 Å². The van der Waals surface area contributed by atoms with Crippen LogP contribution in [0.5, 0.6) is 0 Å². The molecule has 0 saturated heterocycles. The maximum absolute atomic E-state index is 11.9. The number of carbonyl (C=O) groups is 3. The lowest BCUT2D eigenvalue weighted by Crippen LogP contribution is -2.54. The second-order valence-corrected chi connectivity index (χ2v) is 5.31. The Bertz CT molecular complexity index is 582. The van der Waals surface area contributed by atoms with E-state index in [1.165, 1.54) is 0 Å². The number of ether oxygens (including phenoxy) is 4. The molecule has 12 heteroatoms. The Labute approximate surface area is 167 Å². The molecule has 0 aromatic rings. The molecule has 0 aliphatic rings. The Morgan fingerprint density at radius 2 is 1.82 bits per heavy atom. The number of aliphatic hydroxyl groups is 1. The lowest BCUT2D eigenvalue weighted by Gasteiger charge is -2.31. The molecule has 0 rings (SSSR count). The summed E-state index contributed by atoms with van der Waals surface area (Å²) in [6.07, 6.45) is 0.741. The van der Waals surface area contributed by atoms with E-state index in [1.54, 1.807) is 13.8 Å². The molecule has 0 spiro atoms. The second-order valence-electron chi connectivity index (χ2n) is 5.04. The third kappa shape index (κ3) is 9.02. The lowest BCUT2D eigenvalue weighted by molar-refractivity contribution is -0.148. The summed E-state index contributed by atoms with van der Waals surface area (Å²) < 4.78 is 19.7. The van der Waals surface area contributed by atoms with Crippen molar-refractivity contribution in [1.82, 2.24) is 5.48 Å². The fourth-order valence-electron chi connectivity index (χ4n) is 1.61. The van der Waals surface area contributed by atoms with Crippen molar-refractivity contribution in [2.24, 2.45) is 0 Å². The summed E-state index contributed by atoms with van der Waals surface area (Å²) in [5.41, 5.74) is 0.423. The third-order valence-corrected chi connectivity index (χ3v) is 3.36. The van der Waals surface area contributed by atoms with E-state index in [0.717, 1.165) is 13.0 Å². The molecule has 0 aliphatic heterocycles. The largest absolute Gasteiger partial charge is 0.463 e. The molecule has 160 valence electrons. The van der Waals surface area contributed by atoms with Crippen molar-refractivity contribution < 1.29 is 43.3 Å². The average molecular weight is 425 g/mol. The Kier molecular flexibility index (Phi) is 12.6. The van der Waals surface area contributed by atoms with Gasteiger partial charge in [-0.3, -0.25) is 10.2 Å². The highest BCUT2D eigenvalue weighted by Gasteiger charge is 2.38. The third-order valence-electron chi connectivity index (χ3n) is 2.92. The zero-order valence-electron chi connectivity index (χ0n) is 15.9. The van der Waals surface area contributed by atoms with E-state index >= 15 is 0 Å². The fourth-order valence-corrected chi connectivity index (χ4v) is 1.90. The van der Waals surface area contributed by atoms with Gasteiger partial charge >= 0.3 is 17.9 Å². The molecule has 11 nitrogen and oxygen atoms in total. The van der Waals surface area contributed by atoms with E-state index in [9.17, 15) is 14.4 Å². The summed E-state index contributed by atoms with van der Waals surface area (Å²) in [5.74, 6) is -3.96. The first-order valence-corrected chi connectivity index (χ1v) is 8.81. The van der Waals surface area contributed by atoms with E-state index in [2.05, 4.69) is 5.48 Å². The van der Waals surface area contributed by atoms with Gasteiger partial charge in [-0.05, 0) is 13.8 Å². The van der Waals surface area contributed by atoms with Gasteiger partial charge in [0.05, 0.1) is 38.4 Å². The highest BCUT2D eigenvalue weighted by Crippen LogP contribution is 2.16. The standard InChI is InChI=1S/C16H25ClN2O9/c1-4-24-13(22)8-12(14(23)25-5-2)28-19-15(18)16(9-17,27-7-6-20)10-26-11(3)21/h8,20H,4-7,9-10H2,1-3H3,(H2,18,19)/b12-8-. The Morgan fingerprint density at radius 1 is 1.18 bits per heavy atom. The number of rotatable bonds is 13. The highest BCUT2D eigenvalue weighted by molar-refractivity contribution is 6.20. The molecule has 0 aliphatic carbocycles. The fraction of sp³-hybridized carbons (Fsp3) is 0.625. The Morgan fingerprint density at radius 3 is 2.32 bits per heavy atom. The van der Waals surface area contributed by atoms with Crippen molar-refractivity contribution in [3.63, 3.8) is 0 Å². The number of hydrogen-bond acceptors (Lipinski definition) is 10. The van der Waals surface area contributed by atoms with Gasteiger partial charge in [0.1, 0.15) is 6.61 Å². The minimum absolute atomic E-state index is 0.0114. The summed E-state index contributed by atoms with van der Waals surface area (Å²) in [5, 5.41) is 17.1. The smallest absolute Gasteiger partial charge is 0.377 e. The summed E-state index contributed by atoms with van der Waals surface area (Å²) in [6.45, 7) is 3.30. The van der Waals surface area contributed by atoms with Crippen LogP contribution < -0.4 is 5.48 Å². The number of carbonyl (C=O) groups excluding carboxylic acids is 3. The van der Waals surface area contributed by atoms with Crippen LogP contribution >= 0.6 is 11.6 Å². The van der Waals surface area contributed by atoms with Crippen LogP contribution in [-0.2, 0) is 38.2 Å². The van der Waals surface area contributed by atoms with Crippen molar-refractivity contribution in [1.29, 1.82) is 5.41 Å². The van der Waals surface area contributed by atoms with E-state index in [4.69, 9.17) is 45.9 Å². The number of aliphatic hydroxyl groups excluding tert-OH is 1. The van der Waals surface area contributed by atoms with Gasteiger partial charge in [-0.2, -0.15) is 0 Å². The topological polar surface area (TPSA) is 153 Å². The quantitative estimate of drug-likeness (QED) is 0.0539. The van der Waals surface area contributed by atoms with Crippen LogP contribution in [-0.4, -0.2) is 73.4 Å². The van der Waals surface area contributed by atoms with Crippen LogP contribution in [0.2, 0.25) is 0 Å². The predicted molar refractivity (Wildman–Crippen MR) is 96.4 cm³/mol. The number of hydroxylamine groups is 1. The molecule has 3 N–H and O–H groups in total. The number of hydrogen-bond donors (Lipinski definition) is 3. The van der Waals surface area contributed by atoms with Gasteiger partial charge in [-0.15, -0.1) is 11.6 Å². The number of nitrogens with one attached hydrogen (secondary N) is 2. The van der Waals surface area contributed by atoms with Gasteiger partial charge in [0, 0.05) is 6.92 Å². The molecule has 0 radical (unpaired) electrons. The number of halogens is 1. The Balaban J connectivity index is 5.38. The van der Waals surface area contributed by atoms with Crippen molar-refractivity contribution in [2.75, 3.05) is 38.9 Å². The van der Waals surface area contributed by atoms with Gasteiger partial charge in [0.2, 0.25) is 5.76 Å². The summed E-state index contributed by atoms with van der Waals surface area (Å²) >= 11 is 5.88. The van der Waals surface area contributed by atoms with Crippen LogP contribution in [0.3, 0.4) is 0 Å². The predicted octanol–water partition coefficient (Wildman–Crippen LogP) is 0.0446. The van der Waals surface area contributed by atoms with Crippen LogP contribution in [0.1, 0.15) is 20.8 Å².